The number of hydrogen-bond acceptors (Lipinski definition) is 2. The maximum absolute atomic E-state index is 13.1. The molecule has 1 atom stereocenters. The second-order valence-corrected chi connectivity index (χ2v) is 5.01. The predicted molar refractivity (Wildman–Crippen MR) is 71.0 cm³/mol. The number of rotatable bonds is 6. The molecule has 0 heterocycles. The first-order chi connectivity index (χ1) is 8.75. The molecule has 2 rings (SSSR count). The molecule has 0 aliphatic heterocycles. The minimum Gasteiger partial charge on any atom is -0.377 e. The lowest BCUT2D eigenvalue weighted by Crippen LogP contribution is -2.25. The first-order valence-corrected chi connectivity index (χ1v) is 6.86. The van der Waals surface area contributed by atoms with Gasteiger partial charge < -0.3 is 10.1 Å². The zero-order chi connectivity index (χ0) is 12.8. The molecule has 3 heteroatoms. The fourth-order valence-electron chi connectivity index (χ4n) is 2.45. The van der Waals surface area contributed by atoms with E-state index in [-0.39, 0.29) is 11.9 Å². The molecule has 2 nitrogen and oxygen atoms in total. The highest BCUT2D eigenvalue weighted by Gasteiger charge is 2.14. The van der Waals surface area contributed by atoms with Crippen molar-refractivity contribution >= 4 is 0 Å². The Balaban J connectivity index is 1.66. The van der Waals surface area contributed by atoms with Crippen molar-refractivity contribution in [2.75, 3.05) is 13.2 Å². The molecule has 1 aliphatic carbocycles. The van der Waals surface area contributed by atoms with Gasteiger partial charge in [-0.3, -0.25) is 0 Å². The van der Waals surface area contributed by atoms with Gasteiger partial charge in [0.1, 0.15) is 5.82 Å². The minimum atomic E-state index is -0.177. The molecule has 1 aromatic carbocycles. The first-order valence-electron chi connectivity index (χ1n) is 6.86. The van der Waals surface area contributed by atoms with E-state index in [9.17, 15) is 4.39 Å². The number of hydrogen-bond donors (Lipinski definition) is 1. The Kier molecular flexibility index (Phi) is 5.14. The fourth-order valence-corrected chi connectivity index (χ4v) is 2.45. The maximum Gasteiger partial charge on any atom is 0.123 e. The van der Waals surface area contributed by atoms with Crippen LogP contribution in [0.2, 0.25) is 0 Å². The third kappa shape index (κ3) is 4.07. The summed E-state index contributed by atoms with van der Waals surface area (Å²) in [6.45, 7) is 3.60. The molecule has 0 spiro atoms. The van der Waals surface area contributed by atoms with Gasteiger partial charge in [-0.25, -0.2) is 4.39 Å². The van der Waals surface area contributed by atoms with Crippen molar-refractivity contribution in [1.82, 2.24) is 5.32 Å². The molecule has 0 saturated heterocycles. The Bertz CT molecular complexity index is 363. The molecule has 18 heavy (non-hydrogen) atoms. The van der Waals surface area contributed by atoms with Gasteiger partial charge in [0.2, 0.25) is 0 Å². The van der Waals surface area contributed by atoms with Crippen LogP contribution >= 0.6 is 0 Å². The van der Waals surface area contributed by atoms with Gasteiger partial charge in [0.15, 0.2) is 0 Å². The molecule has 1 saturated carbocycles. The Morgan fingerprint density at radius 1 is 1.39 bits per heavy atom. The van der Waals surface area contributed by atoms with E-state index < -0.39 is 0 Å². The summed E-state index contributed by atoms with van der Waals surface area (Å²) in [6.07, 6.45) is 5.49. The average molecular weight is 251 g/mol. The summed E-state index contributed by atoms with van der Waals surface area (Å²) >= 11 is 0. The summed E-state index contributed by atoms with van der Waals surface area (Å²) in [5.74, 6) is -0.177. The SMILES string of the molecule is CC(NCCOC1CCCC1)c1cccc(F)c1. The van der Waals surface area contributed by atoms with Gasteiger partial charge in [-0.2, -0.15) is 0 Å². The highest BCUT2D eigenvalue weighted by molar-refractivity contribution is 5.19. The lowest BCUT2D eigenvalue weighted by Gasteiger charge is -2.16. The van der Waals surface area contributed by atoms with Crippen LogP contribution in [0.15, 0.2) is 24.3 Å². The lowest BCUT2D eigenvalue weighted by atomic mass is 10.1. The topological polar surface area (TPSA) is 21.3 Å². The van der Waals surface area contributed by atoms with Gasteiger partial charge >= 0.3 is 0 Å². The van der Waals surface area contributed by atoms with Crippen molar-refractivity contribution in [3.8, 4) is 0 Å². The van der Waals surface area contributed by atoms with Crippen LogP contribution in [0.3, 0.4) is 0 Å². The average Bonchev–Trinajstić information content (AvgIpc) is 2.87. The molecule has 0 bridgehead atoms. The monoisotopic (exact) mass is 251 g/mol. The van der Waals surface area contributed by atoms with E-state index in [1.165, 1.54) is 31.7 Å². The van der Waals surface area contributed by atoms with Crippen LogP contribution in [-0.2, 0) is 4.74 Å². The summed E-state index contributed by atoms with van der Waals surface area (Å²) < 4.78 is 18.8. The Hall–Kier alpha value is -0.930. The first kappa shape index (κ1) is 13.5. The van der Waals surface area contributed by atoms with Crippen molar-refractivity contribution in [2.24, 2.45) is 0 Å². The van der Waals surface area contributed by atoms with Crippen molar-refractivity contribution < 1.29 is 9.13 Å². The normalized spacial score (nSPS) is 18.1. The van der Waals surface area contributed by atoms with Gasteiger partial charge in [0, 0.05) is 12.6 Å². The van der Waals surface area contributed by atoms with Crippen LogP contribution in [0.4, 0.5) is 4.39 Å². The van der Waals surface area contributed by atoms with Crippen LogP contribution in [0.1, 0.15) is 44.2 Å². The van der Waals surface area contributed by atoms with Gasteiger partial charge in [0.25, 0.3) is 0 Å². The van der Waals surface area contributed by atoms with Crippen LogP contribution in [0, 0.1) is 5.82 Å². The summed E-state index contributed by atoms with van der Waals surface area (Å²) in [4.78, 5) is 0. The third-order valence-corrected chi connectivity index (χ3v) is 3.56. The van der Waals surface area contributed by atoms with Crippen molar-refractivity contribution in [2.45, 2.75) is 44.8 Å². The quantitative estimate of drug-likeness (QED) is 0.782. The van der Waals surface area contributed by atoms with Crippen LogP contribution in [0.25, 0.3) is 0 Å². The van der Waals surface area contributed by atoms with E-state index in [4.69, 9.17) is 4.74 Å². The van der Waals surface area contributed by atoms with E-state index in [0.717, 1.165) is 18.7 Å². The van der Waals surface area contributed by atoms with Crippen molar-refractivity contribution in [3.63, 3.8) is 0 Å². The van der Waals surface area contributed by atoms with Crippen LogP contribution < -0.4 is 5.32 Å². The summed E-state index contributed by atoms with van der Waals surface area (Å²) in [6, 6.07) is 6.90. The number of halogens is 1. The predicted octanol–water partition coefficient (Wildman–Crippen LogP) is 3.44. The van der Waals surface area contributed by atoms with E-state index >= 15 is 0 Å². The number of ether oxygens (including phenoxy) is 1. The Labute approximate surface area is 109 Å². The third-order valence-electron chi connectivity index (χ3n) is 3.56. The molecular formula is C15H22FNO. The van der Waals surface area contributed by atoms with Crippen molar-refractivity contribution in [3.05, 3.63) is 35.6 Å². The molecule has 1 unspecified atom stereocenters. The molecule has 0 aromatic heterocycles. The van der Waals surface area contributed by atoms with Crippen LogP contribution in [-0.4, -0.2) is 19.3 Å². The summed E-state index contributed by atoms with van der Waals surface area (Å²) in [5.41, 5.74) is 0.982. The lowest BCUT2D eigenvalue weighted by molar-refractivity contribution is 0.0593. The molecule has 0 amide bonds. The smallest absolute Gasteiger partial charge is 0.123 e. The largest absolute Gasteiger partial charge is 0.377 e. The standard InChI is InChI=1S/C15H22FNO/c1-12(13-5-4-6-14(16)11-13)17-9-10-18-15-7-2-3-8-15/h4-6,11-12,15,17H,2-3,7-10H2,1H3. The van der Waals surface area contributed by atoms with E-state index in [2.05, 4.69) is 5.32 Å². The fraction of sp³-hybridized carbons (Fsp3) is 0.600. The van der Waals surface area contributed by atoms with Crippen LogP contribution in [0.5, 0.6) is 0 Å². The highest BCUT2D eigenvalue weighted by Crippen LogP contribution is 2.20. The minimum absolute atomic E-state index is 0.160. The highest BCUT2D eigenvalue weighted by atomic mass is 19.1. The van der Waals surface area contributed by atoms with Crippen molar-refractivity contribution in [1.29, 1.82) is 0 Å². The molecular weight excluding hydrogens is 229 g/mol. The van der Waals surface area contributed by atoms with E-state index in [1.54, 1.807) is 12.1 Å². The van der Waals surface area contributed by atoms with Gasteiger partial charge in [0.05, 0.1) is 12.7 Å². The number of nitrogens with one attached hydrogen (secondary N) is 1. The zero-order valence-electron chi connectivity index (χ0n) is 11.0. The molecule has 0 radical (unpaired) electrons. The van der Waals surface area contributed by atoms with E-state index in [1.807, 2.05) is 13.0 Å². The van der Waals surface area contributed by atoms with E-state index in [0.29, 0.717) is 6.10 Å². The molecule has 100 valence electrons. The number of benzene rings is 1. The Morgan fingerprint density at radius 2 is 2.17 bits per heavy atom. The summed E-state index contributed by atoms with van der Waals surface area (Å²) in [5, 5.41) is 3.36. The molecule has 1 aliphatic rings. The van der Waals surface area contributed by atoms with Gasteiger partial charge in [-0.1, -0.05) is 25.0 Å². The van der Waals surface area contributed by atoms with Gasteiger partial charge in [-0.15, -0.1) is 0 Å². The molecule has 1 N–H and O–H groups in total. The molecule has 1 aromatic rings. The zero-order valence-corrected chi connectivity index (χ0v) is 11.0. The maximum atomic E-state index is 13.1. The second kappa shape index (κ2) is 6.86. The Morgan fingerprint density at radius 3 is 2.89 bits per heavy atom. The second-order valence-electron chi connectivity index (χ2n) is 5.01. The summed E-state index contributed by atoms with van der Waals surface area (Å²) in [7, 11) is 0. The molecule has 1 fully saturated rings. The van der Waals surface area contributed by atoms with Gasteiger partial charge in [-0.05, 0) is 37.5 Å².